The minimum absolute atomic E-state index is 0.0266. The molecule has 1 atom stereocenters. The summed E-state index contributed by atoms with van der Waals surface area (Å²) in [4.78, 5) is 25.0. The zero-order valence-corrected chi connectivity index (χ0v) is 12.8. The second-order valence-corrected chi connectivity index (χ2v) is 5.85. The number of aliphatic carboxylic acids is 1. The van der Waals surface area contributed by atoms with E-state index in [9.17, 15) is 9.59 Å². The van der Waals surface area contributed by atoms with E-state index in [2.05, 4.69) is 0 Å². The molecule has 5 heteroatoms. The van der Waals surface area contributed by atoms with Crippen molar-refractivity contribution >= 4 is 17.6 Å². The molecule has 1 heterocycles. The normalized spacial score (nSPS) is 17.7. The molecule has 1 aliphatic heterocycles. The first-order valence-corrected chi connectivity index (χ1v) is 7.12. The van der Waals surface area contributed by atoms with Crippen LogP contribution in [0.15, 0.2) is 12.1 Å². The number of carboxylic acid groups (broad SMARTS) is 1. The highest BCUT2D eigenvalue weighted by Gasteiger charge is 2.37. The first-order valence-electron chi connectivity index (χ1n) is 7.12. The summed E-state index contributed by atoms with van der Waals surface area (Å²) in [5.74, 6) is -0.368. The average molecular weight is 291 g/mol. The third-order valence-corrected chi connectivity index (χ3v) is 3.60. The Morgan fingerprint density at radius 2 is 2.05 bits per heavy atom. The van der Waals surface area contributed by atoms with Crippen LogP contribution >= 0.6 is 0 Å². The summed E-state index contributed by atoms with van der Waals surface area (Å²) in [5.41, 5.74) is 2.66. The maximum atomic E-state index is 12.6. The van der Waals surface area contributed by atoms with E-state index < -0.39 is 12.1 Å². The third-order valence-electron chi connectivity index (χ3n) is 3.60. The number of aryl methyl sites for hydroxylation is 2. The molecule has 1 aliphatic rings. The molecular formula is C16H21NO4. The molecular weight excluding hydrogens is 270 g/mol. The number of carbonyl (C=O) groups is 2. The van der Waals surface area contributed by atoms with E-state index in [0.717, 1.165) is 11.1 Å². The quantitative estimate of drug-likeness (QED) is 0.925. The summed E-state index contributed by atoms with van der Waals surface area (Å²) < 4.78 is 5.89. The van der Waals surface area contributed by atoms with E-state index in [1.807, 2.05) is 39.8 Å². The summed E-state index contributed by atoms with van der Waals surface area (Å²) in [7, 11) is 0. The number of amides is 1. The van der Waals surface area contributed by atoms with Gasteiger partial charge in [-0.05, 0) is 37.0 Å². The Hall–Kier alpha value is -2.04. The zero-order chi connectivity index (χ0) is 15.7. The van der Waals surface area contributed by atoms with Crippen molar-refractivity contribution in [1.29, 1.82) is 0 Å². The summed E-state index contributed by atoms with van der Waals surface area (Å²) in [6.07, 6.45) is -0.643. The molecule has 0 radical (unpaired) electrons. The molecule has 0 bridgehead atoms. The summed E-state index contributed by atoms with van der Waals surface area (Å²) in [6, 6.07) is 3.88. The molecule has 21 heavy (non-hydrogen) atoms. The zero-order valence-electron chi connectivity index (χ0n) is 12.8. The average Bonchev–Trinajstić information content (AvgIpc) is 2.36. The van der Waals surface area contributed by atoms with Gasteiger partial charge in [0.25, 0.3) is 5.91 Å². The van der Waals surface area contributed by atoms with Gasteiger partial charge in [0.2, 0.25) is 0 Å². The minimum atomic E-state index is -0.915. The van der Waals surface area contributed by atoms with E-state index in [4.69, 9.17) is 9.84 Å². The molecule has 1 aromatic rings. The number of nitrogens with zero attached hydrogens (tertiary/aromatic N) is 1. The van der Waals surface area contributed by atoms with Crippen molar-refractivity contribution < 1.29 is 19.4 Å². The molecule has 0 unspecified atom stereocenters. The largest absolute Gasteiger partial charge is 0.481 e. The number of carbonyl (C=O) groups excluding carboxylic acids is 1. The van der Waals surface area contributed by atoms with Crippen molar-refractivity contribution in [3.63, 3.8) is 0 Å². The Morgan fingerprint density at radius 1 is 1.38 bits per heavy atom. The highest BCUT2D eigenvalue weighted by Crippen LogP contribution is 2.39. The topological polar surface area (TPSA) is 66.8 Å². The monoisotopic (exact) mass is 291 g/mol. The van der Waals surface area contributed by atoms with Gasteiger partial charge in [-0.3, -0.25) is 9.59 Å². The number of carboxylic acids is 1. The SMILES string of the molecule is Cc1cc(C)c2c(c1)N(CCC(=O)O)C(=O)[C@@H](C(C)C)O2. The predicted molar refractivity (Wildman–Crippen MR) is 79.8 cm³/mol. The molecule has 1 aromatic carbocycles. The van der Waals surface area contributed by atoms with Crippen LogP contribution in [-0.4, -0.2) is 29.6 Å². The fraction of sp³-hybridized carbons (Fsp3) is 0.500. The lowest BCUT2D eigenvalue weighted by atomic mass is 10.0. The van der Waals surface area contributed by atoms with Gasteiger partial charge in [-0.1, -0.05) is 19.9 Å². The van der Waals surface area contributed by atoms with Gasteiger partial charge in [-0.25, -0.2) is 0 Å². The van der Waals surface area contributed by atoms with Crippen LogP contribution in [0.2, 0.25) is 0 Å². The van der Waals surface area contributed by atoms with Crippen LogP contribution in [0.1, 0.15) is 31.4 Å². The second-order valence-electron chi connectivity index (χ2n) is 5.85. The predicted octanol–water partition coefficient (Wildman–Crippen LogP) is 2.53. The maximum absolute atomic E-state index is 12.6. The number of anilines is 1. The van der Waals surface area contributed by atoms with Crippen LogP contribution in [0.5, 0.6) is 5.75 Å². The molecule has 0 saturated carbocycles. The van der Waals surface area contributed by atoms with Crippen LogP contribution < -0.4 is 9.64 Å². The molecule has 1 N–H and O–H groups in total. The fourth-order valence-corrected chi connectivity index (χ4v) is 2.59. The fourth-order valence-electron chi connectivity index (χ4n) is 2.59. The molecule has 1 amide bonds. The second kappa shape index (κ2) is 5.76. The number of fused-ring (bicyclic) bond motifs is 1. The molecule has 5 nitrogen and oxygen atoms in total. The number of hydrogen-bond acceptors (Lipinski definition) is 3. The van der Waals surface area contributed by atoms with Crippen LogP contribution in [0.25, 0.3) is 0 Å². The summed E-state index contributed by atoms with van der Waals surface area (Å²) in [5, 5.41) is 8.89. The van der Waals surface area contributed by atoms with E-state index in [-0.39, 0.29) is 24.8 Å². The lowest BCUT2D eigenvalue weighted by Gasteiger charge is -2.36. The molecule has 0 saturated heterocycles. The lowest BCUT2D eigenvalue weighted by molar-refractivity contribution is -0.136. The van der Waals surface area contributed by atoms with Crippen LogP contribution in [0.3, 0.4) is 0 Å². The van der Waals surface area contributed by atoms with Crippen LogP contribution in [-0.2, 0) is 9.59 Å². The van der Waals surface area contributed by atoms with Crippen molar-refractivity contribution in [1.82, 2.24) is 0 Å². The summed E-state index contributed by atoms with van der Waals surface area (Å²) in [6.45, 7) is 7.89. The Bertz CT molecular complexity index is 580. The highest BCUT2D eigenvalue weighted by molar-refractivity contribution is 6.01. The number of ether oxygens (including phenoxy) is 1. The van der Waals surface area contributed by atoms with Gasteiger partial charge >= 0.3 is 5.97 Å². The molecule has 0 aromatic heterocycles. The van der Waals surface area contributed by atoms with Gasteiger partial charge in [0.05, 0.1) is 12.1 Å². The molecule has 0 fully saturated rings. The van der Waals surface area contributed by atoms with Crippen molar-refractivity contribution in [3.05, 3.63) is 23.3 Å². The van der Waals surface area contributed by atoms with Crippen LogP contribution in [0.4, 0.5) is 5.69 Å². The Morgan fingerprint density at radius 3 is 2.62 bits per heavy atom. The van der Waals surface area contributed by atoms with Gasteiger partial charge in [-0.2, -0.15) is 0 Å². The van der Waals surface area contributed by atoms with Crippen molar-refractivity contribution in [2.75, 3.05) is 11.4 Å². The molecule has 2 rings (SSSR count). The van der Waals surface area contributed by atoms with E-state index in [0.29, 0.717) is 11.4 Å². The van der Waals surface area contributed by atoms with E-state index in [1.165, 1.54) is 0 Å². The first kappa shape index (κ1) is 15.4. The molecule has 0 spiro atoms. The summed E-state index contributed by atoms with van der Waals surface area (Å²) >= 11 is 0. The van der Waals surface area contributed by atoms with Gasteiger partial charge in [-0.15, -0.1) is 0 Å². The minimum Gasteiger partial charge on any atom is -0.481 e. The number of benzene rings is 1. The Labute approximate surface area is 124 Å². The van der Waals surface area contributed by atoms with Crippen molar-refractivity contribution in [2.45, 2.75) is 40.2 Å². The number of rotatable bonds is 4. The lowest BCUT2D eigenvalue weighted by Crippen LogP contribution is -2.49. The number of hydrogen-bond donors (Lipinski definition) is 1. The Kier molecular flexibility index (Phi) is 4.21. The molecule has 0 aliphatic carbocycles. The van der Waals surface area contributed by atoms with Gasteiger partial charge in [0.1, 0.15) is 5.75 Å². The van der Waals surface area contributed by atoms with Gasteiger partial charge in [0, 0.05) is 6.54 Å². The van der Waals surface area contributed by atoms with Crippen molar-refractivity contribution in [2.24, 2.45) is 5.92 Å². The highest BCUT2D eigenvalue weighted by atomic mass is 16.5. The maximum Gasteiger partial charge on any atom is 0.305 e. The van der Waals surface area contributed by atoms with Crippen molar-refractivity contribution in [3.8, 4) is 5.75 Å². The standard InChI is InChI=1S/C16H21NO4/c1-9(2)14-16(20)17(6-5-13(18)19)12-8-10(3)7-11(4)15(12)21-14/h7-9,14H,5-6H2,1-4H3,(H,18,19)/t14-/m1/s1. The van der Waals surface area contributed by atoms with E-state index in [1.54, 1.807) is 4.90 Å². The Balaban J connectivity index is 2.46. The van der Waals surface area contributed by atoms with Crippen LogP contribution in [0, 0.1) is 19.8 Å². The van der Waals surface area contributed by atoms with Gasteiger partial charge in [0.15, 0.2) is 6.10 Å². The molecule has 114 valence electrons. The van der Waals surface area contributed by atoms with Gasteiger partial charge < -0.3 is 14.7 Å². The van der Waals surface area contributed by atoms with E-state index >= 15 is 0 Å². The smallest absolute Gasteiger partial charge is 0.305 e. The first-order chi connectivity index (χ1) is 9.81. The third kappa shape index (κ3) is 3.01.